The van der Waals surface area contributed by atoms with Crippen molar-refractivity contribution < 1.29 is 9.47 Å². The number of anilines is 2. The van der Waals surface area contributed by atoms with Crippen molar-refractivity contribution in [2.45, 2.75) is 13.3 Å². The zero-order valence-electron chi connectivity index (χ0n) is 21.9. The van der Waals surface area contributed by atoms with E-state index >= 15 is 0 Å². The van der Waals surface area contributed by atoms with Gasteiger partial charge in [-0.15, -0.1) is 0 Å². The molecule has 0 atom stereocenters. The summed E-state index contributed by atoms with van der Waals surface area (Å²) in [5.41, 5.74) is 3.52. The minimum atomic E-state index is 0.463. The summed E-state index contributed by atoms with van der Waals surface area (Å²) in [6.07, 6.45) is 11.8. The minimum absolute atomic E-state index is 0.463. The Morgan fingerprint density at radius 3 is 2.84 bits per heavy atom. The molecule has 0 fully saturated rings. The lowest BCUT2D eigenvalue weighted by atomic mass is 10.0. The zero-order chi connectivity index (χ0) is 26.2. The Bertz CT molecular complexity index is 1300. The second kappa shape index (κ2) is 12.2. The third-order valence-corrected chi connectivity index (χ3v) is 5.73. The average Bonchev–Trinajstić information content (AvgIpc) is 3.26. The molecule has 0 radical (unpaired) electrons. The van der Waals surface area contributed by atoms with Crippen molar-refractivity contribution in [2.24, 2.45) is 7.05 Å². The van der Waals surface area contributed by atoms with E-state index in [2.05, 4.69) is 48.2 Å². The summed E-state index contributed by atoms with van der Waals surface area (Å²) in [5, 5.41) is 11.0. The predicted molar refractivity (Wildman–Crippen MR) is 146 cm³/mol. The summed E-state index contributed by atoms with van der Waals surface area (Å²) >= 11 is 0. The topological polar surface area (TPSA) is 102 Å². The fourth-order valence-corrected chi connectivity index (χ4v) is 3.78. The van der Waals surface area contributed by atoms with Gasteiger partial charge in [0.25, 0.3) is 0 Å². The summed E-state index contributed by atoms with van der Waals surface area (Å²) in [4.78, 5) is 15.9. The monoisotopic (exact) mass is 502 g/mol. The van der Waals surface area contributed by atoms with Crippen LogP contribution in [0.25, 0.3) is 17.0 Å². The van der Waals surface area contributed by atoms with Gasteiger partial charge in [-0.25, -0.2) is 19.6 Å². The van der Waals surface area contributed by atoms with Crippen LogP contribution in [-0.2, 0) is 7.05 Å². The maximum atomic E-state index is 6.25. The van der Waals surface area contributed by atoms with Gasteiger partial charge in [-0.3, -0.25) is 0 Å². The smallest absolute Gasteiger partial charge is 0.222 e. The van der Waals surface area contributed by atoms with Crippen LogP contribution in [-0.4, -0.2) is 70.0 Å². The summed E-state index contributed by atoms with van der Waals surface area (Å²) in [6, 6.07) is 3.68. The number of ether oxygens (including phenoxy) is 2. The molecular formula is C27H34N8O2. The van der Waals surface area contributed by atoms with E-state index in [1.165, 1.54) is 0 Å². The van der Waals surface area contributed by atoms with Crippen molar-refractivity contribution in [3.63, 3.8) is 0 Å². The molecule has 37 heavy (non-hydrogen) atoms. The molecule has 4 rings (SSSR count). The number of pyridine rings is 1. The van der Waals surface area contributed by atoms with Crippen LogP contribution in [0.4, 0.5) is 11.6 Å². The van der Waals surface area contributed by atoms with E-state index in [-0.39, 0.29) is 0 Å². The minimum Gasteiger partial charge on any atom is -0.493 e. The first-order valence-corrected chi connectivity index (χ1v) is 12.3. The normalized spacial score (nSPS) is 14.1. The quantitative estimate of drug-likeness (QED) is 0.467. The predicted octanol–water partition coefficient (Wildman–Crippen LogP) is 3.80. The van der Waals surface area contributed by atoms with Gasteiger partial charge in [-0.05, 0) is 44.8 Å². The summed E-state index contributed by atoms with van der Waals surface area (Å²) in [5.74, 6) is 3.08. The van der Waals surface area contributed by atoms with Crippen LogP contribution in [0.2, 0.25) is 0 Å². The molecular weight excluding hydrogens is 468 g/mol. The van der Waals surface area contributed by atoms with Gasteiger partial charge in [0.2, 0.25) is 5.88 Å². The molecule has 2 N–H and O–H groups in total. The number of likely N-dealkylation sites (N-methyl/N-ethyl adjacent to an activating group) is 1. The van der Waals surface area contributed by atoms with Gasteiger partial charge in [-0.2, -0.15) is 5.10 Å². The molecule has 1 aliphatic heterocycles. The van der Waals surface area contributed by atoms with Crippen LogP contribution < -0.4 is 20.1 Å². The van der Waals surface area contributed by atoms with E-state index in [0.717, 1.165) is 35.5 Å². The molecule has 4 bridgehead atoms. The Morgan fingerprint density at radius 2 is 2.05 bits per heavy atom. The lowest BCUT2D eigenvalue weighted by molar-refractivity contribution is 0.236. The molecule has 0 unspecified atom stereocenters. The number of aryl methyl sites for hydroxylation is 1. The molecule has 0 saturated carbocycles. The number of rotatable bonds is 7. The highest BCUT2D eigenvalue weighted by Gasteiger charge is 2.17. The molecule has 10 nitrogen and oxygen atoms in total. The lowest BCUT2D eigenvalue weighted by Crippen LogP contribution is -2.25. The third-order valence-electron chi connectivity index (χ3n) is 5.73. The second-order valence-corrected chi connectivity index (χ2v) is 8.77. The molecule has 0 amide bonds. The number of aromatic nitrogens is 5. The first-order valence-electron chi connectivity index (χ1n) is 12.3. The number of hydrogen-bond acceptors (Lipinski definition) is 9. The Hall–Kier alpha value is -4.18. The molecule has 3 aromatic rings. The maximum absolute atomic E-state index is 6.25. The van der Waals surface area contributed by atoms with Crippen molar-refractivity contribution in [1.29, 1.82) is 0 Å². The summed E-state index contributed by atoms with van der Waals surface area (Å²) in [7, 11) is 5.93. The number of nitrogens with zero attached hydrogens (tertiary/aromatic N) is 6. The number of nitrogens with one attached hydrogen (secondary N) is 2. The number of fused-ring (bicyclic) bond motifs is 6. The van der Waals surface area contributed by atoms with Gasteiger partial charge in [-0.1, -0.05) is 12.7 Å². The van der Waals surface area contributed by atoms with Crippen molar-refractivity contribution in [1.82, 2.24) is 34.9 Å². The van der Waals surface area contributed by atoms with E-state index < -0.39 is 0 Å². The van der Waals surface area contributed by atoms with Crippen LogP contribution in [0, 0.1) is 0 Å². The van der Waals surface area contributed by atoms with Crippen LogP contribution in [0.5, 0.6) is 11.6 Å². The van der Waals surface area contributed by atoms with Crippen molar-refractivity contribution in [3.05, 3.63) is 66.8 Å². The van der Waals surface area contributed by atoms with Gasteiger partial charge in [0, 0.05) is 56.3 Å². The molecule has 0 aromatic carbocycles. The molecule has 0 aliphatic carbocycles. The Labute approximate surface area is 217 Å². The maximum Gasteiger partial charge on any atom is 0.222 e. The highest BCUT2D eigenvalue weighted by molar-refractivity contribution is 5.79. The fourth-order valence-electron chi connectivity index (χ4n) is 3.78. The van der Waals surface area contributed by atoms with Crippen LogP contribution in [0.15, 0.2) is 61.2 Å². The molecule has 0 spiro atoms. The number of allylic oxidation sites excluding steroid dienone is 4. The average molecular weight is 503 g/mol. The SMILES string of the molecule is C=C/C(=C\C(=C/C)c1cnc2cc1OCCCOc1c(cnn1C)-c1nccc(n1)N2)NCCN(C)C. The Kier molecular flexibility index (Phi) is 8.52. The van der Waals surface area contributed by atoms with E-state index in [4.69, 9.17) is 9.47 Å². The van der Waals surface area contributed by atoms with E-state index in [0.29, 0.717) is 48.7 Å². The van der Waals surface area contributed by atoms with Crippen LogP contribution in [0.1, 0.15) is 18.9 Å². The fraction of sp³-hybridized carbons (Fsp3) is 0.333. The van der Waals surface area contributed by atoms with E-state index in [1.54, 1.807) is 23.1 Å². The lowest BCUT2D eigenvalue weighted by Gasteiger charge is -2.17. The molecule has 194 valence electrons. The van der Waals surface area contributed by atoms with Crippen LogP contribution >= 0.6 is 0 Å². The molecule has 0 saturated heterocycles. The first kappa shape index (κ1) is 25.9. The van der Waals surface area contributed by atoms with Gasteiger partial charge < -0.3 is 25.0 Å². The molecule has 3 aromatic heterocycles. The van der Waals surface area contributed by atoms with Gasteiger partial charge >= 0.3 is 0 Å². The standard InChI is InChI=1S/C27H34N8O2/c1-6-19(15-20(7-2)28-11-12-34(3)4)21-17-30-25-16-23(21)36-13-8-14-37-27-22(18-31-35(27)5)26-29-10-9-24(32-25)33-26/h6-7,9-10,15-18,28H,2,8,11-14H2,1,3-5H3,(H,29,30,32,33)/b19-6+,20-15+. The molecule has 4 heterocycles. The van der Waals surface area contributed by atoms with E-state index in [1.807, 2.05) is 52.5 Å². The highest BCUT2D eigenvalue weighted by Crippen LogP contribution is 2.32. The first-order chi connectivity index (χ1) is 18.0. The summed E-state index contributed by atoms with van der Waals surface area (Å²) < 4.78 is 14.0. The van der Waals surface area contributed by atoms with Gasteiger partial charge in [0.05, 0.1) is 19.4 Å². The third kappa shape index (κ3) is 6.53. The van der Waals surface area contributed by atoms with Crippen molar-refractivity contribution in [3.8, 4) is 23.0 Å². The second-order valence-electron chi connectivity index (χ2n) is 8.77. The van der Waals surface area contributed by atoms with Crippen molar-refractivity contribution >= 4 is 17.2 Å². The molecule has 1 aliphatic rings. The Morgan fingerprint density at radius 1 is 1.22 bits per heavy atom. The van der Waals surface area contributed by atoms with E-state index in [9.17, 15) is 0 Å². The largest absolute Gasteiger partial charge is 0.493 e. The zero-order valence-corrected chi connectivity index (χ0v) is 21.9. The van der Waals surface area contributed by atoms with Gasteiger partial charge in [0.15, 0.2) is 5.82 Å². The highest BCUT2D eigenvalue weighted by atomic mass is 16.5. The van der Waals surface area contributed by atoms with Crippen LogP contribution in [0.3, 0.4) is 0 Å². The van der Waals surface area contributed by atoms with Gasteiger partial charge in [0.1, 0.15) is 22.9 Å². The van der Waals surface area contributed by atoms with Crippen molar-refractivity contribution in [2.75, 3.05) is 45.7 Å². The Balaban J connectivity index is 1.65. The number of hydrogen-bond donors (Lipinski definition) is 2. The summed E-state index contributed by atoms with van der Waals surface area (Å²) in [6.45, 7) is 8.62. The molecule has 10 heteroatoms.